The fraction of sp³-hybridized carbons (Fsp3) is 0.238. The van der Waals surface area contributed by atoms with Crippen molar-refractivity contribution < 1.29 is 14.3 Å². The molecule has 0 fully saturated rings. The summed E-state index contributed by atoms with van der Waals surface area (Å²) in [5.41, 5.74) is 1.10. The van der Waals surface area contributed by atoms with Crippen molar-refractivity contribution in [1.29, 1.82) is 0 Å². The molecule has 1 atom stereocenters. The van der Waals surface area contributed by atoms with Crippen LogP contribution < -0.4 is 5.32 Å². The lowest BCUT2D eigenvalue weighted by Gasteiger charge is -2.21. The number of aromatic nitrogens is 1. The third kappa shape index (κ3) is 4.11. The third-order valence-electron chi connectivity index (χ3n) is 4.43. The second-order valence-corrected chi connectivity index (χ2v) is 6.09. The second kappa shape index (κ2) is 8.34. The van der Waals surface area contributed by atoms with Gasteiger partial charge in [0.2, 0.25) is 5.91 Å². The molecule has 0 aliphatic rings. The molecule has 0 saturated carbocycles. The smallest absolute Gasteiger partial charge is 0.307 e. The number of methoxy groups -OCH3 is 1. The quantitative estimate of drug-likeness (QED) is 0.665. The van der Waals surface area contributed by atoms with E-state index in [1.54, 1.807) is 0 Å². The Bertz CT molecular complexity index is 882. The molecule has 0 saturated heterocycles. The SMILES string of the molecule is COC(=O)CCNC(=O)C[C@H](c1cccc2ccccc12)n1cccc1. The maximum Gasteiger partial charge on any atom is 0.307 e. The summed E-state index contributed by atoms with van der Waals surface area (Å²) in [4.78, 5) is 23.6. The molecule has 3 rings (SSSR count). The van der Waals surface area contributed by atoms with Crippen LogP contribution in [0.15, 0.2) is 67.0 Å². The van der Waals surface area contributed by atoms with Crippen molar-refractivity contribution in [1.82, 2.24) is 9.88 Å². The summed E-state index contributed by atoms with van der Waals surface area (Å²) in [6, 6.07) is 18.1. The highest BCUT2D eigenvalue weighted by atomic mass is 16.5. The Hall–Kier alpha value is -3.08. The summed E-state index contributed by atoms with van der Waals surface area (Å²) in [5, 5.41) is 5.09. The van der Waals surface area contributed by atoms with Crippen LogP contribution in [-0.2, 0) is 14.3 Å². The highest BCUT2D eigenvalue weighted by Crippen LogP contribution is 2.29. The molecule has 1 amide bonds. The predicted octanol–water partition coefficient (Wildman–Crippen LogP) is 3.30. The number of ether oxygens (including phenoxy) is 1. The zero-order chi connectivity index (χ0) is 18.4. The number of hydrogen-bond donors (Lipinski definition) is 1. The number of fused-ring (bicyclic) bond motifs is 1. The molecule has 3 aromatic rings. The van der Waals surface area contributed by atoms with Gasteiger partial charge in [-0.25, -0.2) is 0 Å². The normalized spacial score (nSPS) is 11.9. The molecule has 0 bridgehead atoms. The minimum absolute atomic E-state index is 0.0967. The van der Waals surface area contributed by atoms with Crippen molar-refractivity contribution in [2.24, 2.45) is 0 Å². The highest BCUT2D eigenvalue weighted by molar-refractivity contribution is 5.87. The number of rotatable bonds is 7. The molecule has 0 aliphatic carbocycles. The fourth-order valence-corrected chi connectivity index (χ4v) is 3.13. The number of esters is 1. The van der Waals surface area contributed by atoms with E-state index in [1.807, 2.05) is 47.3 Å². The molecule has 0 aliphatic heterocycles. The van der Waals surface area contributed by atoms with Gasteiger partial charge in [-0.3, -0.25) is 9.59 Å². The van der Waals surface area contributed by atoms with Gasteiger partial charge in [-0.15, -0.1) is 0 Å². The standard InChI is InChI=1S/C21H22N2O3/c1-26-21(25)11-12-22-20(24)15-19(23-13-4-5-14-23)18-10-6-8-16-7-2-3-9-17(16)18/h2-10,13-14,19H,11-12,15H2,1H3,(H,22,24)/t19-/m1/s1. The number of nitrogens with one attached hydrogen (secondary N) is 1. The molecule has 5 heteroatoms. The molecule has 2 aromatic carbocycles. The van der Waals surface area contributed by atoms with Crippen molar-refractivity contribution in [3.63, 3.8) is 0 Å². The van der Waals surface area contributed by atoms with Gasteiger partial charge in [0.15, 0.2) is 0 Å². The lowest BCUT2D eigenvalue weighted by atomic mass is 9.96. The van der Waals surface area contributed by atoms with Gasteiger partial charge < -0.3 is 14.6 Å². The third-order valence-corrected chi connectivity index (χ3v) is 4.43. The molecule has 0 radical (unpaired) electrons. The Morgan fingerprint density at radius 3 is 2.54 bits per heavy atom. The Morgan fingerprint density at radius 2 is 1.77 bits per heavy atom. The van der Waals surface area contributed by atoms with Crippen LogP contribution in [0, 0.1) is 0 Å². The summed E-state index contributed by atoms with van der Waals surface area (Å²) in [6.45, 7) is 0.277. The zero-order valence-electron chi connectivity index (χ0n) is 14.7. The average molecular weight is 350 g/mol. The molecule has 5 nitrogen and oxygen atoms in total. The monoisotopic (exact) mass is 350 g/mol. The van der Waals surface area contributed by atoms with Crippen molar-refractivity contribution in [3.8, 4) is 0 Å². The van der Waals surface area contributed by atoms with Crippen molar-refractivity contribution >= 4 is 22.6 Å². The van der Waals surface area contributed by atoms with Crippen LogP contribution in [0.4, 0.5) is 0 Å². The molecule has 0 unspecified atom stereocenters. The molecule has 0 spiro atoms. The number of nitrogens with zero attached hydrogens (tertiary/aromatic N) is 1. The van der Waals surface area contributed by atoms with Crippen LogP contribution in [0.3, 0.4) is 0 Å². The summed E-state index contributed by atoms with van der Waals surface area (Å²) in [6.07, 6.45) is 4.40. The first-order chi connectivity index (χ1) is 12.7. The molecular weight excluding hydrogens is 328 g/mol. The van der Waals surface area contributed by atoms with E-state index in [1.165, 1.54) is 7.11 Å². The van der Waals surface area contributed by atoms with Gasteiger partial charge in [0, 0.05) is 18.9 Å². The minimum atomic E-state index is -0.332. The van der Waals surface area contributed by atoms with Gasteiger partial charge in [0.05, 0.1) is 26.0 Å². The van der Waals surface area contributed by atoms with Gasteiger partial charge in [-0.2, -0.15) is 0 Å². The van der Waals surface area contributed by atoms with Crippen molar-refractivity contribution in [2.45, 2.75) is 18.9 Å². The van der Waals surface area contributed by atoms with E-state index in [2.05, 4.69) is 34.3 Å². The molecule has 1 N–H and O–H groups in total. The fourth-order valence-electron chi connectivity index (χ4n) is 3.13. The van der Waals surface area contributed by atoms with E-state index < -0.39 is 0 Å². The van der Waals surface area contributed by atoms with Gasteiger partial charge in [0.1, 0.15) is 0 Å². The van der Waals surface area contributed by atoms with E-state index in [0.29, 0.717) is 6.42 Å². The van der Waals surface area contributed by atoms with E-state index in [4.69, 9.17) is 0 Å². The predicted molar refractivity (Wildman–Crippen MR) is 101 cm³/mol. The van der Waals surface area contributed by atoms with E-state index in [-0.39, 0.29) is 30.9 Å². The lowest BCUT2D eigenvalue weighted by molar-refractivity contribution is -0.140. The number of amides is 1. The summed E-state index contributed by atoms with van der Waals surface area (Å²) < 4.78 is 6.64. The first-order valence-corrected chi connectivity index (χ1v) is 8.62. The first-order valence-electron chi connectivity index (χ1n) is 8.62. The Morgan fingerprint density at radius 1 is 1.04 bits per heavy atom. The van der Waals surface area contributed by atoms with E-state index in [9.17, 15) is 9.59 Å². The van der Waals surface area contributed by atoms with Gasteiger partial charge in [0.25, 0.3) is 0 Å². The Balaban J connectivity index is 1.82. The maximum atomic E-state index is 12.5. The Kier molecular flexibility index (Phi) is 5.69. The summed E-state index contributed by atoms with van der Waals surface area (Å²) in [5.74, 6) is -0.429. The van der Waals surface area contributed by atoms with Gasteiger partial charge in [-0.05, 0) is 28.5 Å². The van der Waals surface area contributed by atoms with Crippen LogP contribution in [0.25, 0.3) is 10.8 Å². The lowest BCUT2D eigenvalue weighted by Crippen LogP contribution is -2.29. The Labute approximate surface area is 152 Å². The minimum Gasteiger partial charge on any atom is -0.469 e. The van der Waals surface area contributed by atoms with Crippen molar-refractivity contribution in [3.05, 3.63) is 72.6 Å². The highest BCUT2D eigenvalue weighted by Gasteiger charge is 2.19. The molecule has 1 heterocycles. The van der Waals surface area contributed by atoms with Crippen LogP contribution in [-0.4, -0.2) is 30.1 Å². The molecule has 1 aromatic heterocycles. The van der Waals surface area contributed by atoms with Crippen LogP contribution in [0.2, 0.25) is 0 Å². The zero-order valence-corrected chi connectivity index (χ0v) is 14.7. The topological polar surface area (TPSA) is 60.3 Å². The number of hydrogen-bond acceptors (Lipinski definition) is 3. The number of carbonyl (C=O) groups excluding carboxylic acids is 2. The van der Waals surface area contributed by atoms with Crippen LogP contribution >= 0.6 is 0 Å². The summed E-state index contributed by atoms with van der Waals surface area (Å²) in [7, 11) is 1.34. The van der Waals surface area contributed by atoms with Gasteiger partial charge >= 0.3 is 5.97 Å². The molecule has 134 valence electrons. The first kappa shape index (κ1) is 17.7. The molecular formula is C21H22N2O3. The average Bonchev–Trinajstić information content (AvgIpc) is 3.20. The van der Waals surface area contributed by atoms with Crippen LogP contribution in [0.5, 0.6) is 0 Å². The number of benzene rings is 2. The van der Waals surface area contributed by atoms with Crippen molar-refractivity contribution in [2.75, 3.05) is 13.7 Å². The van der Waals surface area contributed by atoms with Crippen LogP contribution in [0.1, 0.15) is 24.4 Å². The number of carbonyl (C=O) groups is 2. The summed E-state index contributed by atoms with van der Waals surface area (Å²) >= 11 is 0. The second-order valence-electron chi connectivity index (χ2n) is 6.09. The van der Waals surface area contributed by atoms with E-state index >= 15 is 0 Å². The van der Waals surface area contributed by atoms with E-state index in [0.717, 1.165) is 16.3 Å². The maximum absolute atomic E-state index is 12.5. The van der Waals surface area contributed by atoms with Gasteiger partial charge in [-0.1, -0.05) is 42.5 Å². The largest absolute Gasteiger partial charge is 0.469 e. The molecule has 26 heavy (non-hydrogen) atoms.